The van der Waals surface area contributed by atoms with E-state index in [4.69, 9.17) is 11.6 Å². The topological polar surface area (TPSA) is 50.7 Å². The van der Waals surface area contributed by atoms with Crippen LogP contribution in [0.4, 0.5) is 0 Å². The second-order valence-corrected chi connectivity index (χ2v) is 5.21. The first-order valence-electron chi connectivity index (χ1n) is 6.49. The molecule has 4 nitrogen and oxygen atoms in total. The first-order chi connectivity index (χ1) is 10.2. The summed E-state index contributed by atoms with van der Waals surface area (Å²) in [7, 11) is 0. The van der Waals surface area contributed by atoms with Crippen molar-refractivity contribution < 1.29 is 0 Å². The van der Waals surface area contributed by atoms with Gasteiger partial charge in [0, 0.05) is 16.8 Å². The molecule has 0 bridgehead atoms. The van der Waals surface area contributed by atoms with Crippen LogP contribution in [0.3, 0.4) is 0 Å². The molecule has 0 radical (unpaired) electrons. The number of halogens is 1. The van der Waals surface area contributed by atoms with Crippen LogP contribution in [0.5, 0.6) is 0 Å². The van der Waals surface area contributed by atoms with E-state index in [0.717, 1.165) is 16.6 Å². The maximum Gasteiger partial charge on any atom is 0.283 e. The Bertz CT molecular complexity index is 986. The molecular weight excluding hydrogens is 286 g/mol. The minimum atomic E-state index is -0.141. The summed E-state index contributed by atoms with van der Waals surface area (Å²) in [6.07, 6.45) is 1.73. The smallest absolute Gasteiger partial charge is 0.283 e. The molecule has 0 aromatic heterocycles. The lowest BCUT2D eigenvalue weighted by atomic mass is 10.2. The third-order valence-electron chi connectivity index (χ3n) is 3.46. The molecule has 2 heterocycles. The van der Waals surface area contributed by atoms with E-state index in [-0.39, 0.29) is 5.56 Å². The van der Waals surface area contributed by atoms with E-state index in [1.807, 2.05) is 36.4 Å². The quantitative estimate of drug-likeness (QED) is 0.584. The van der Waals surface area contributed by atoms with Gasteiger partial charge in [0.25, 0.3) is 5.56 Å². The number of nitrogens with zero attached hydrogens (tertiary/aromatic N) is 2. The zero-order valence-electron chi connectivity index (χ0n) is 10.9. The van der Waals surface area contributed by atoms with Crippen LogP contribution in [0.2, 0.25) is 5.02 Å². The Hall–Kier alpha value is -2.59. The van der Waals surface area contributed by atoms with Gasteiger partial charge in [-0.1, -0.05) is 35.9 Å². The number of aromatic nitrogens is 3. The number of para-hydroxylation sites is 2. The number of nitrogens with one attached hydrogen (secondary N) is 1. The fourth-order valence-corrected chi connectivity index (χ4v) is 2.70. The van der Waals surface area contributed by atoms with E-state index < -0.39 is 0 Å². The van der Waals surface area contributed by atoms with Gasteiger partial charge in [-0.15, -0.1) is 0 Å². The van der Waals surface area contributed by atoms with Crippen LogP contribution in [0, 0.1) is 0 Å². The van der Waals surface area contributed by atoms with Crippen LogP contribution in [-0.4, -0.2) is 14.5 Å². The molecule has 0 saturated carbocycles. The monoisotopic (exact) mass is 295 g/mol. The van der Waals surface area contributed by atoms with Gasteiger partial charge in [0.1, 0.15) is 5.69 Å². The number of H-pyrrole nitrogens is 1. The Morgan fingerprint density at radius 2 is 1.95 bits per heavy atom. The highest BCUT2D eigenvalue weighted by Gasteiger charge is 2.17. The predicted molar refractivity (Wildman–Crippen MR) is 83.3 cm³/mol. The summed E-state index contributed by atoms with van der Waals surface area (Å²) in [6, 6.07) is 14.8. The highest BCUT2D eigenvalue weighted by atomic mass is 35.5. The van der Waals surface area contributed by atoms with Crippen molar-refractivity contribution in [1.29, 1.82) is 0 Å². The van der Waals surface area contributed by atoms with Crippen molar-refractivity contribution in [3.8, 4) is 17.1 Å². The number of imidazole rings is 1. The van der Waals surface area contributed by atoms with Crippen LogP contribution >= 0.6 is 11.6 Å². The number of benzene rings is 2. The number of aromatic amines is 1. The van der Waals surface area contributed by atoms with E-state index in [2.05, 4.69) is 9.97 Å². The van der Waals surface area contributed by atoms with Gasteiger partial charge in [-0.05, 0) is 24.3 Å². The number of fused-ring (bicyclic) bond motifs is 3. The molecule has 2 aromatic carbocycles. The van der Waals surface area contributed by atoms with Gasteiger partial charge in [0.05, 0.1) is 11.0 Å². The highest BCUT2D eigenvalue weighted by molar-refractivity contribution is 6.30. The van der Waals surface area contributed by atoms with Crippen molar-refractivity contribution in [2.24, 2.45) is 0 Å². The van der Waals surface area contributed by atoms with E-state index in [1.165, 1.54) is 0 Å². The SMILES string of the molecule is O=c1c(-c2cccc(Cl)c2)nc2c[nH]c3ccccc3n1-2. The van der Waals surface area contributed by atoms with Crippen molar-refractivity contribution in [1.82, 2.24) is 14.5 Å². The molecule has 2 aromatic rings. The van der Waals surface area contributed by atoms with Gasteiger partial charge < -0.3 is 4.98 Å². The maximum absolute atomic E-state index is 12.7. The van der Waals surface area contributed by atoms with Crippen LogP contribution in [0.1, 0.15) is 0 Å². The lowest BCUT2D eigenvalue weighted by molar-refractivity contribution is 1.03. The molecule has 0 atom stereocenters. The molecule has 102 valence electrons. The molecule has 0 fully saturated rings. The summed E-state index contributed by atoms with van der Waals surface area (Å²) in [5, 5.41) is 0.584. The number of rotatable bonds is 1. The Morgan fingerprint density at radius 3 is 2.81 bits per heavy atom. The van der Waals surface area contributed by atoms with Gasteiger partial charge in [0.15, 0.2) is 5.82 Å². The molecule has 21 heavy (non-hydrogen) atoms. The fourth-order valence-electron chi connectivity index (χ4n) is 2.51. The molecule has 2 aliphatic rings. The van der Waals surface area contributed by atoms with Crippen molar-refractivity contribution >= 4 is 22.6 Å². The average Bonchev–Trinajstić information content (AvgIpc) is 2.85. The summed E-state index contributed by atoms with van der Waals surface area (Å²) in [5.74, 6) is 0.591. The maximum atomic E-state index is 12.7. The normalized spacial score (nSPS) is 11.3. The second kappa shape index (κ2) is 4.46. The summed E-state index contributed by atoms with van der Waals surface area (Å²) in [4.78, 5) is 20.3. The van der Waals surface area contributed by atoms with Crippen molar-refractivity contribution in [2.45, 2.75) is 0 Å². The Kier molecular flexibility index (Phi) is 2.59. The molecule has 0 aliphatic carbocycles. The number of hydrogen-bond acceptors (Lipinski definition) is 2. The Balaban J connectivity index is 2.09. The van der Waals surface area contributed by atoms with Crippen LogP contribution in [-0.2, 0) is 0 Å². The van der Waals surface area contributed by atoms with Gasteiger partial charge in [-0.25, -0.2) is 4.98 Å². The Labute approximate surface area is 125 Å². The van der Waals surface area contributed by atoms with Gasteiger partial charge >= 0.3 is 0 Å². The first kappa shape index (κ1) is 12.2. The molecule has 0 saturated heterocycles. The average molecular weight is 296 g/mol. The molecule has 5 heteroatoms. The molecule has 0 unspecified atom stereocenters. The molecule has 4 rings (SSSR count). The summed E-state index contributed by atoms with van der Waals surface area (Å²) in [6.45, 7) is 0. The van der Waals surface area contributed by atoms with Crippen molar-refractivity contribution in [3.05, 3.63) is 70.1 Å². The molecular formula is C16H10ClN3O. The van der Waals surface area contributed by atoms with E-state index >= 15 is 0 Å². The van der Waals surface area contributed by atoms with Crippen LogP contribution in [0.25, 0.3) is 28.1 Å². The molecule has 0 spiro atoms. The van der Waals surface area contributed by atoms with E-state index in [1.54, 1.807) is 22.9 Å². The van der Waals surface area contributed by atoms with Crippen molar-refractivity contribution in [2.75, 3.05) is 0 Å². The third-order valence-corrected chi connectivity index (χ3v) is 3.70. The summed E-state index contributed by atoms with van der Waals surface area (Å²) < 4.78 is 1.61. The summed E-state index contributed by atoms with van der Waals surface area (Å²) >= 11 is 6.00. The standard InChI is InChI=1S/C16H10ClN3O/c17-11-5-3-4-10(8-11)15-16(21)20-13-7-2-1-6-12(13)18-9-14(20)19-15/h1-9,18H. The summed E-state index contributed by atoms with van der Waals surface area (Å²) in [5.41, 5.74) is 2.68. The molecule has 0 amide bonds. The largest absolute Gasteiger partial charge is 0.357 e. The second-order valence-electron chi connectivity index (χ2n) is 4.78. The fraction of sp³-hybridized carbons (Fsp3) is 0. The Morgan fingerprint density at radius 1 is 1.10 bits per heavy atom. The minimum absolute atomic E-state index is 0.141. The first-order valence-corrected chi connectivity index (χ1v) is 6.87. The van der Waals surface area contributed by atoms with Crippen LogP contribution < -0.4 is 5.56 Å². The lowest BCUT2D eigenvalue weighted by Gasteiger charge is -2.05. The molecule has 1 N–H and O–H groups in total. The zero-order valence-corrected chi connectivity index (χ0v) is 11.6. The lowest BCUT2D eigenvalue weighted by Crippen LogP contribution is -2.14. The molecule has 2 aliphatic heterocycles. The third kappa shape index (κ3) is 1.84. The minimum Gasteiger partial charge on any atom is -0.357 e. The highest BCUT2D eigenvalue weighted by Crippen LogP contribution is 2.23. The van der Waals surface area contributed by atoms with E-state index in [9.17, 15) is 4.79 Å². The van der Waals surface area contributed by atoms with Crippen LogP contribution in [0.15, 0.2) is 59.5 Å². The number of hydrogen-bond donors (Lipinski definition) is 1. The van der Waals surface area contributed by atoms with Crippen molar-refractivity contribution in [3.63, 3.8) is 0 Å². The van der Waals surface area contributed by atoms with E-state index in [0.29, 0.717) is 16.5 Å². The van der Waals surface area contributed by atoms with Gasteiger partial charge in [0.2, 0.25) is 0 Å². The predicted octanol–water partition coefficient (Wildman–Crippen LogP) is 3.47. The van der Waals surface area contributed by atoms with Gasteiger partial charge in [-0.3, -0.25) is 9.36 Å². The van der Waals surface area contributed by atoms with Gasteiger partial charge in [-0.2, -0.15) is 0 Å². The zero-order chi connectivity index (χ0) is 14.4.